The monoisotopic (exact) mass is 281 g/mol. The van der Waals surface area contributed by atoms with Gasteiger partial charge in [0.15, 0.2) is 0 Å². The first-order valence-corrected chi connectivity index (χ1v) is 7.53. The van der Waals surface area contributed by atoms with E-state index in [1.165, 1.54) is 18.9 Å². The fourth-order valence-corrected chi connectivity index (χ4v) is 3.19. The quantitative estimate of drug-likeness (QED) is 0.612. The Morgan fingerprint density at radius 1 is 1.50 bits per heavy atom. The van der Waals surface area contributed by atoms with E-state index in [2.05, 4.69) is 10.8 Å². The molecule has 0 bridgehead atoms. The zero-order valence-electron chi connectivity index (χ0n) is 10.6. The molecule has 0 fully saturated rings. The van der Waals surface area contributed by atoms with Crippen LogP contribution < -0.4 is 0 Å². The fraction of sp³-hybridized carbons (Fsp3) is 0.385. The number of carbonyl (C=O) groups is 1. The van der Waals surface area contributed by atoms with Crippen LogP contribution in [0.2, 0.25) is 0 Å². The normalized spacial score (nSPS) is 11.7. The van der Waals surface area contributed by atoms with E-state index < -0.39 is 0 Å². The maximum Gasteiger partial charge on any atom is 0.306 e. The Morgan fingerprint density at radius 2 is 2.17 bits per heavy atom. The molecule has 5 heteroatoms. The fourth-order valence-electron chi connectivity index (χ4n) is 1.47. The lowest BCUT2D eigenvalue weighted by Crippen LogP contribution is -2.08. The summed E-state index contributed by atoms with van der Waals surface area (Å²) in [5.41, 5.74) is 0.687. The molecule has 1 rings (SSSR count). The maximum atomic E-state index is 11.2. The van der Waals surface area contributed by atoms with Gasteiger partial charge in [0.25, 0.3) is 0 Å². The lowest BCUT2D eigenvalue weighted by Gasteiger charge is -2.12. The number of hydrogen-bond acceptors (Lipinski definition) is 5. The van der Waals surface area contributed by atoms with Crippen molar-refractivity contribution in [2.24, 2.45) is 0 Å². The molecule has 1 aromatic rings. The molecule has 0 heterocycles. The lowest BCUT2D eigenvalue weighted by molar-refractivity contribution is -0.140. The molecule has 0 saturated carbocycles. The van der Waals surface area contributed by atoms with Crippen molar-refractivity contribution in [1.29, 1.82) is 5.26 Å². The molecule has 1 unspecified atom stereocenters. The van der Waals surface area contributed by atoms with Crippen molar-refractivity contribution in [3.05, 3.63) is 23.8 Å². The SMILES string of the molecule is COC(=O)CC(C)Sc1cccc(SC)c1C#N. The number of esters is 1. The Kier molecular flexibility index (Phi) is 6.10. The van der Waals surface area contributed by atoms with Crippen molar-refractivity contribution < 1.29 is 9.53 Å². The van der Waals surface area contributed by atoms with Gasteiger partial charge in [0.2, 0.25) is 0 Å². The Hall–Kier alpha value is -1.12. The van der Waals surface area contributed by atoms with Crippen molar-refractivity contribution in [3.8, 4) is 6.07 Å². The van der Waals surface area contributed by atoms with Crippen molar-refractivity contribution >= 4 is 29.5 Å². The van der Waals surface area contributed by atoms with Crippen LogP contribution >= 0.6 is 23.5 Å². The van der Waals surface area contributed by atoms with E-state index in [-0.39, 0.29) is 11.2 Å². The molecule has 0 radical (unpaired) electrons. The van der Waals surface area contributed by atoms with E-state index in [0.717, 1.165) is 9.79 Å². The Labute approximate surface area is 116 Å². The lowest BCUT2D eigenvalue weighted by atomic mass is 10.2. The number of carbonyl (C=O) groups excluding carboxylic acids is 1. The Bertz CT molecular complexity index is 469. The summed E-state index contributed by atoms with van der Waals surface area (Å²) in [6, 6.07) is 8.00. The van der Waals surface area contributed by atoms with Gasteiger partial charge in [-0.3, -0.25) is 4.79 Å². The predicted molar refractivity (Wildman–Crippen MR) is 74.9 cm³/mol. The van der Waals surface area contributed by atoms with Crippen molar-refractivity contribution in [2.75, 3.05) is 13.4 Å². The number of nitrogens with zero attached hydrogens (tertiary/aromatic N) is 1. The van der Waals surface area contributed by atoms with Gasteiger partial charge in [0.05, 0.1) is 19.1 Å². The Balaban J connectivity index is 2.85. The summed E-state index contributed by atoms with van der Waals surface area (Å²) in [6.07, 6.45) is 2.29. The molecule has 0 amide bonds. The summed E-state index contributed by atoms with van der Waals surface area (Å²) in [5, 5.41) is 9.29. The van der Waals surface area contributed by atoms with E-state index in [9.17, 15) is 10.1 Å². The van der Waals surface area contributed by atoms with Crippen molar-refractivity contribution in [3.63, 3.8) is 0 Å². The van der Waals surface area contributed by atoms with Crippen LogP contribution in [0.5, 0.6) is 0 Å². The van der Waals surface area contributed by atoms with E-state index >= 15 is 0 Å². The molecule has 0 saturated heterocycles. The number of thioether (sulfide) groups is 2. The molecule has 18 heavy (non-hydrogen) atoms. The first kappa shape index (κ1) is 14.9. The summed E-state index contributed by atoms with van der Waals surface area (Å²) in [6.45, 7) is 1.95. The minimum Gasteiger partial charge on any atom is -0.469 e. The Morgan fingerprint density at radius 3 is 2.72 bits per heavy atom. The number of benzene rings is 1. The second kappa shape index (κ2) is 7.34. The summed E-state index contributed by atoms with van der Waals surface area (Å²) in [4.78, 5) is 13.1. The highest BCUT2D eigenvalue weighted by Crippen LogP contribution is 2.33. The van der Waals surface area contributed by atoms with Crippen LogP contribution in [0, 0.1) is 11.3 Å². The van der Waals surface area contributed by atoms with Crippen LogP contribution in [0.1, 0.15) is 18.9 Å². The molecule has 1 aromatic carbocycles. The number of hydrogen-bond donors (Lipinski definition) is 0. The molecule has 0 aliphatic rings. The van der Waals surface area contributed by atoms with Gasteiger partial charge >= 0.3 is 5.97 Å². The van der Waals surface area contributed by atoms with Gasteiger partial charge in [-0.2, -0.15) is 5.26 Å². The highest BCUT2D eigenvalue weighted by Gasteiger charge is 2.14. The van der Waals surface area contributed by atoms with Crippen LogP contribution in [0.15, 0.2) is 28.0 Å². The molecule has 3 nitrogen and oxygen atoms in total. The van der Waals surface area contributed by atoms with E-state index in [1.807, 2.05) is 31.4 Å². The van der Waals surface area contributed by atoms with Gasteiger partial charge < -0.3 is 4.74 Å². The standard InChI is InChI=1S/C13H15NO2S2/c1-9(7-13(15)16-2)18-12-6-4-5-11(17-3)10(12)8-14/h4-6,9H,7H2,1-3H3. The summed E-state index contributed by atoms with van der Waals surface area (Å²) in [5.74, 6) is -0.227. The number of rotatable bonds is 5. The first-order chi connectivity index (χ1) is 8.62. The molecule has 0 aliphatic carbocycles. The van der Waals surface area contributed by atoms with Gasteiger partial charge in [0, 0.05) is 15.0 Å². The van der Waals surface area contributed by atoms with Gasteiger partial charge in [-0.05, 0) is 18.4 Å². The molecule has 0 aliphatic heterocycles. The van der Waals surface area contributed by atoms with Crippen molar-refractivity contribution in [2.45, 2.75) is 28.4 Å². The third-order valence-corrected chi connectivity index (χ3v) is 4.27. The zero-order valence-corrected chi connectivity index (χ0v) is 12.2. The van der Waals surface area contributed by atoms with Crippen LogP contribution in [-0.2, 0) is 9.53 Å². The van der Waals surface area contributed by atoms with Crippen LogP contribution in [0.3, 0.4) is 0 Å². The number of ether oxygens (including phenoxy) is 1. The molecular formula is C13H15NO2S2. The minimum absolute atomic E-state index is 0.0849. The maximum absolute atomic E-state index is 11.2. The van der Waals surface area contributed by atoms with Crippen LogP contribution in [-0.4, -0.2) is 24.6 Å². The third-order valence-electron chi connectivity index (χ3n) is 2.33. The van der Waals surface area contributed by atoms with Gasteiger partial charge in [-0.25, -0.2) is 0 Å². The molecule has 0 N–H and O–H groups in total. The molecule has 96 valence electrons. The molecule has 0 spiro atoms. The van der Waals surface area contributed by atoms with Crippen LogP contribution in [0.25, 0.3) is 0 Å². The van der Waals surface area contributed by atoms with E-state index in [0.29, 0.717) is 12.0 Å². The second-order valence-electron chi connectivity index (χ2n) is 3.65. The average Bonchev–Trinajstić information content (AvgIpc) is 2.37. The number of methoxy groups -OCH3 is 1. The van der Waals surface area contributed by atoms with E-state index in [1.54, 1.807) is 11.8 Å². The van der Waals surface area contributed by atoms with Crippen molar-refractivity contribution in [1.82, 2.24) is 0 Å². The van der Waals surface area contributed by atoms with Gasteiger partial charge in [-0.15, -0.1) is 23.5 Å². The summed E-state index contributed by atoms with van der Waals surface area (Å²) in [7, 11) is 1.38. The summed E-state index contributed by atoms with van der Waals surface area (Å²) < 4.78 is 4.64. The first-order valence-electron chi connectivity index (χ1n) is 5.43. The van der Waals surface area contributed by atoms with E-state index in [4.69, 9.17) is 0 Å². The highest BCUT2D eigenvalue weighted by molar-refractivity contribution is 8.00. The zero-order chi connectivity index (χ0) is 13.5. The molecule has 0 aromatic heterocycles. The summed E-state index contributed by atoms with van der Waals surface area (Å²) >= 11 is 3.08. The van der Waals surface area contributed by atoms with Gasteiger partial charge in [0.1, 0.15) is 6.07 Å². The smallest absolute Gasteiger partial charge is 0.306 e. The molecular weight excluding hydrogens is 266 g/mol. The third kappa shape index (κ3) is 3.97. The topological polar surface area (TPSA) is 50.1 Å². The highest BCUT2D eigenvalue weighted by atomic mass is 32.2. The second-order valence-corrected chi connectivity index (χ2v) is 5.98. The predicted octanol–water partition coefficient (Wildman–Crippen LogP) is 3.32. The minimum atomic E-state index is -0.227. The average molecular weight is 281 g/mol. The van der Waals surface area contributed by atoms with Gasteiger partial charge in [-0.1, -0.05) is 13.0 Å². The molecule has 1 atom stereocenters. The van der Waals surface area contributed by atoms with Crippen LogP contribution in [0.4, 0.5) is 0 Å². The number of nitriles is 1. The largest absolute Gasteiger partial charge is 0.469 e.